The molecule has 2 N–H and O–H groups in total. The summed E-state index contributed by atoms with van der Waals surface area (Å²) in [5.74, 6) is 0.146. The summed E-state index contributed by atoms with van der Waals surface area (Å²) in [6.07, 6.45) is 1.77. The normalized spacial score (nSPS) is 13.4. The van der Waals surface area contributed by atoms with Gasteiger partial charge in [-0.15, -0.1) is 0 Å². The van der Waals surface area contributed by atoms with Gasteiger partial charge in [-0.1, -0.05) is 36.4 Å². The number of nitrogens with zero attached hydrogens (tertiary/aromatic N) is 2. The predicted molar refractivity (Wildman–Crippen MR) is 102 cm³/mol. The van der Waals surface area contributed by atoms with Crippen molar-refractivity contribution in [1.29, 1.82) is 0 Å². The molecule has 128 valence electrons. The average molecular weight is 333 g/mol. The van der Waals surface area contributed by atoms with E-state index in [9.17, 15) is 4.79 Å². The van der Waals surface area contributed by atoms with Gasteiger partial charge in [0.15, 0.2) is 0 Å². The Morgan fingerprint density at radius 3 is 2.72 bits per heavy atom. The van der Waals surface area contributed by atoms with Crippen LogP contribution in [0, 0.1) is 6.92 Å². The highest BCUT2D eigenvalue weighted by Gasteiger charge is 2.25. The highest BCUT2D eigenvalue weighted by Crippen LogP contribution is 2.30. The Morgan fingerprint density at radius 1 is 1.12 bits per heavy atom. The van der Waals surface area contributed by atoms with E-state index in [-0.39, 0.29) is 5.91 Å². The van der Waals surface area contributed by atoms with Crippen LogP contribution in [-0.2, 0) is 24.2 Å². The number of benzene rings is 2. The van der Waals surface area contributed by atoms with E-state index in [2.05, 4.69) is 29.7 Å². The van der Waals surface area contributed by atoms with E-state index in [4.69, 9.17) is 5.73 Å². The first-order valence-corrected chi connectivity index (χ1v) is 8.85. The summed E-state index contributed by atoms with van der Waals surface area (Å²) in [6, 6.07) is 16.5. The van der Waals surface area contributed by atoms with Gasteiger partial charge in [0, 0.05) is 28.8 Å². The molecule has 0 saturated heterocycles. The zero-order valence-corrected chi connectivity index (χ0v) is 14.5. The van der Waals surface area contributed by atoms with Gasteiger partial charge in [0.1, 0.15) is 6.54 Å². The number of hydrogen-bond donors (Lipinski definition) is 1. The van der Waals surface area contributed by atoms with Crippen LogP contribution in [0.1, 0.15) is 16.8 Å². The third-order valence-electron chi connectivity index (χ3n) is 5.24. The molecule has 25 heavy (non-hydrogen) atoms. The highest BCUT2D eigenvalue weighted by atomic mass is 16.2. The van der Waals surface area contributed by atoms with Crippen molar-refractivity contribution in [3.05, 3.63) is 65.4 Å². The molecule has 0 bridgehead atoms. The summed E-state index contributed by atoms with van der Waals surface area (Å²) in [4.78, 5) is 14.9. The van der Waals surface area contributed by atoms with Crippen LogP contribution in [0.3, 0.4) is 0 Å². The first-order chi connectivity index (χ1) is 12.2. The Bertz CT molecular complexity index is 941. The van der Waals surface area contributed by atoms with Crippen LogP contribution in [-0.4, -0.2) is 23.6 Å². The van der Waals surface area contributed by atoms with Crippen LogP contribution in [0.25, 0.3) is 10.9 Å². The molecule has 4 heteroatoms. The van der Waals surface area contributed by atoms with Gasteiger partial charge >= 0.3 is 0 Å². The maximum Gasteiger partial charge on any atom is 0.246 e. The summed E-state index contributed by atoms with van der Waals surface area (Å²) in [6.45, 7) is 3.84. The number of carbonyl (C=O) groups is 1. The third kappa shape index (κ3) is 2.63. The fourth-order valence-electron chi connectivity index (χ4n) is 3.98. The van der Waals surface area contributed by atoms with Gasteiger partial charge in [0.2, 0.25) is 5.91 Å². The van der Waals surface area contributed by atoms with Crippen molar-refractivity contribution in [1.82, 2.24) is 4.57 Å². The molecule has 0 atom stereocenters. The number of aromatic nitrogens is 1. The van der Waals surface area contributed by atoms with Crippen molar-refractivity contribution in [2.45, 2.75) is 26.3 Å². The van der Waals surface area contributed by atoms with Crippen LogP contribution >= 0.6 is 0 Å². The summed E-state index contributed by atoms with van der Waals surface area (Å²) in [5, 5.41) is 1.21. The predicted octanol–water partition coefficient (Wildman–Crippen LogP) is 3.04. The second-order valence-corrected chi connectivity index (χ2v) is 6.63. The molecular weight excluding hydrogens is 310 g/mol. The molecule has 1 amide bonds. The number of nitrogens with two attached hydrogens (primary N) is 1. The second-order valence-electron chi connectivity index (χ2n) is 6.63. The molecule has 1 aliphatic heterocycles. The smallest absolute Gasteiger partial charge is 0.246 e. The van der Waals surface area contributed by atoms with Gasteiger partial charge in [-0.25, -0.2) is 0 Å². The fourth-order valence-corrected chi connectivity index (χ4v) is 3.98. The number of carbonyl (C=O) groups excluding carboxylic acids is 1. The minimum atomic E-state index is 0.146. The molecule has 0 saturated carbocycles. The third-order valence-corrected chi connectivity index (χ3v) is 5.24. The quantitative estimate of drug-likeness (QED) is 0.798. The molecule has 2 aromatic carbocycles. The summed E-state index contributed by atoms with van der Waals surface area (Å²) >= 11 is 0. The highest BCUT2D eigenvalue weighted by molar-refractivity contribution is 5.96. The topological polar surface area (TPSA) is 51.3 Å². The minimum absolute atomic E-state index is 0.146. The van der Waals surface area contributed by atoms with Crippen molar-refractivity contribution in [2.24, 2.45) is 5.73 Å². The molecular formula is C21H23N3O. The molecule has 0 fully saturated rings. The van der Waals surface area contributed by atoms with Crippen LogP contribution in [0.4, 0.5) is 5.69 Å². The molecule has 1 aliphatic rings. The average Bonchev–Trinajstić information content (AvgIpc) is 3.17. The van der Waals surface area contributed by atoms with Gasteiger partial charge < -0.3 is 15.2 Å². The van der Waals surface area contributed by atoms with Crippen LogP contribution in [0.2, 0.25) is 0 Å². The molecule has 0 aliphatic carbocycles. The van der Waals surface area contributed by atoms with Crippen LogP contribution in [0.5, 0.6) is 0 Å². The Kier molecular flexibility index (Phi) is 4.06. The van der Waals surface area contributed by atoms with Crippen molar-refractivity contribution in [2.75, 3.05) is 18.0 Å². The molecule has 0 radical (unpaired) electrons. The lowest BCUT2D eigenvalue weighted by atomic mass is 10.1. The Hall–Kier alpha value is -2.59. The van der Waals surface area contributed by atoms with Crippen LogP contribution < -0.4 is 10.6 Å². The first-order valence-electron chi connectivity index (χ1n) is 8.85. The zero-order valence-electron chi connectivity index (χ0n) is 14.5. The monoisotopic (exact) mass is 333 g/mol. The summed E-state index contributed by atoms with van der Waals surface area (Å²) in [5.41, 5.74) is 11.6. The standard InChI is InChI=1S/C21H23N3O/c1-15-17(10-12-22)18-7-3-5-9-20(18)24(15)14-21(25)23-13-11-16-6-2-4-8-19(16)23/h2-9H,10-14,22H2,1H3. The molecule has 2 heterocycles. The Morgan fingerprint density at radius 2 is 1.88 bits per heavy atom. The lowest BCUT2D eigenvalue weighted by Gasteiger charge is -2.19. The lowest BCUT2D eigenvalue weighted by Crippen LogP contribution is -2.32. The van der Waals surface area contributed by atoms with Crippen molar-refractivity contribution in [3.63, 3.8) is 0 Å². The Labute approximate surface area is 147 Å². The number of para-hydroxylation sites is 2. The van der Waals surface area contributed by atoms with Gasteiger partial charge in [-0.2, -0.15) is 0 Å². The van der Waals surface area contributed by atoms with Crippen molar-refractivity contribution in [3.8, 4) is 0 Å². The second kappa shape index (κ2) is 6.37. The number of rotatable bonds is 4. The molecule has 3 aromatic rings. The van der Waals surface area contributed by atoms with Gasteiger partial charge in [0.25, 0.3) is 0 Å². The van der Waals surface area contributed by atoms with E-state index < -0.39 is 0 Å². The Balaban J connectivity index is 1.70. The molecule has 4 nitrogen and oxygen atoms in total. The van der Waals surface area contributed by atoms with Crippen molar-refractivity contribution >= 4 is 22.5 Å². The molecule has 0 unspecified atom stereocenters. The van der Waals surface area contributed by atoms with E-state index in [1.807, 2.05) is 35.2 Å². The zero-order chi connectivity index (χ0) is 17.4. The van der Waals surface area contributed by atoms with Gasteiger partial charge in [-0.3, -0.25) is 4.79 Å². The fraction of sp³-hybridized carbons (Fsp3) is 0.286. The van der Waals surface area contributed by atoms with Crippen molar-refractivity contribution < 1.29 is 4.79 Å². The SMILES string of the molecule is Cc1c(CCN)c2ccccc2n1CC(=O)N1CCc2ccccc21. The molecule has 1 aromatic heterocycles. The first kappa shape index (κ1) is 15.9. The van der Waals surface area contributed by atoms with Gasteiger partial charge in [0.05, 0.1) is 0 Å². The van der Waals surface area contributed by atoms with E-state index in [1.54, 1.807) is 0 Å². The van der Waals surface area contributed by atoms with Gasteiger partial charge in [-0.05, 0) is 49.6 Å². The maximum atomic E-state index is 13.0. The van der Waals surface area contributed by atoms with Crippen LogP contribution in [0.15, 0.2) is 48.5 Å². The minimum Gasteiger partial charge on any atom is -0.335 e. The maximum absolute atomic E-state index is 13.0. The molecule has 4 rings (SSSR count). The van der Waals surface area contributed by atoms with E-state index >= 15 is 0 Å². The number of anilines is 1. The summed E-state index contributed by atoms with van der Waals surface area (Å²) in [7, 11) is 0. The number of amides is 1. The lowest BCUT2D eigenvalue weighted by molar-refractivity contribution is -0.119. The molecule has 0 spiro atoms. The largest absolute Gasteiger partial charge is 0.335 e. The van der Waals surface area contributed by atoms with E-state index in [0.717, 1.165) is 36.3 Å². The number of fused-ring (bicyclic) bond motifs is 2. The van der Waals surface area contributed by atoms with E-state index in [0.29, 0.717) is 13.1 Å². The van der Waals surface area contributed by atoms with E-state index in [1.165, 1.54) is 16.5 Å². The number of hydrogen-bond acceptors (Lipinski definition) is 2. The summed E-state index contributed by atoms with van der Waals surface area (Å²) < 4.78 is 2.14.